The van der Waals surface area contributed by atoms with Gasteiger partial charge in [0.05, 0.1) is 11.4 Å². The molecular weight excluding hydrogens is 200 g/mol. The molecule has 1 N–H and O–H groups in total. The van der Waals surface area contributed by atoms with E-state index in [2.05, 4.69) is 34.2 Å². The van der Waals surface area contributed by atoms with Crippen LogP contribution in [0.3, 0.4) is 0 Å². The molecule has 0 aromatic carbocycles. The van der Waals surface area contributed by atoms with E-state index in [1.165, 1.54) is 31.4 Å². The summed E-state index contributed by atoms with van der Waals surface area (Å²) in [5, 5.41) is 11.0. The lowest BCUT2D eigenvalue weighted by molar-refractivity contribution is 0.176. The zero-order chi connectivity index (χ0) is 11.4. The van der Waals surface area contributed by atoms with Crippen LogP contribution in [0.1, 0.15) is 50.9 Å². The largest absolute Gasteiger partial charge is 0.294 e. The van der Waals surface area contributed by atoms with Gasteiger partial charge in [-0.2, -0.15) is 0 Å². The zero-order valence-electron chi connectivity index (χ0n) is 10.4. The van der Waals surface area contributed by atoms with Crippen molar-refractivity contribution in [2.75, 3.05) is 6.54 Å². The Morgan fingerprint density at radius 3 is 3.12 bits per heavy atom. The van der Waals surface area contributed by atoms with E-state index in [0.29, 0.717) is 6.04 Å². The standard InChI is InChI=1S/C12H22N4/c1-3-4-5-6-10(2)16-8-7-11-12(9-16)14-15-13-11/h10H,3-9H2,1-2H3,(H,13,14,15). The minimum Gasteiger partial charge on any atom is -0.294 e. The number of rotatable bonds is 5. The lowest BCUT2D eigenvalue weighted by Gasteiger charge is -2.31. The molecule has 0 amide bonds. The Morgan fingerprint density at radius 1 is 1.44 bits per heavy atom. The van der Waals surface area contributed by atoms with Crippen LogP contribution < -0.4 is 0 Å². The number of unbranched alkanes of at least 4 members (excludes halogenated alkanes) is 2. The maximum absolute atomic E-state index is 4.14. The van der Waals surface area contributed by atoms with Crippen molar-refractivity contribution in [3.8, 4) is 0 Å². The van der Waals surface area contributed by atoms with Gasteiger partial charge in [-0.15, -0.1) is 5.10 Å². The maximum Gasteiger partial charge on any atom is 0.0997 e. The number of fused-ring (bicyclic) bond motifs is 1. The van der Waals surface area contributed by atoms with Crippen LogP contribution in [0, 0.1) is 0 Å². The lowest BCUT2D eigenvalue weighted by Crippen LogP contribution is -2.37. The number of aromatic nitrogens is 3. The van der Waals surface area contributed by atoms with Gasteiger partial charge in [-0.1, -0.05) is 31.4 Å². The monoisotopic (exact) mass is 222 g/mol. The number of nitrogens with one attached hydrogen (secondary N) is 1. The molecule has 0 saturated heterocycles. The SMILES string of the molecule is CCCCCC(C)N1CCc2[nH]nnc2C1. The van der Waals surface area contributed by atoms with Gasteiger partial charge in [0.2, 0.25) is 0 Å². The molecular formula is C12H22N4. The van der Waals surface area contributed by atoms with Gasteiger partial charge in [-0.3, -0.25) is 10.00 Å². The van der Waals surface area contributed by atoms with Crippen LogP contribution in [-0.4, -0.2) is 32.9 Å². The highest BCUT2D eigenvalue weighted by Crippen LogP contribution is 2.18. The van der Waals surface area contributed by atoms with Crippen LogP contribution in [0.4, 0.5) is 0 Å². The molecule has 0 radical (unpaired) electrons. The van der Waals surface area contributed by atoms with Crippen LogP contribution in [0.5, 0.6) is 0 Å². The molecule has 1 atom stereocenters. The van der Waals surface area contributed by atoms with E-state index in [-0.39, 0.29) is 0 Å². The molecule has 1 unspecified atom stereocenters. The first kappa shape index (κ1) is 11.6. The number of hydrogen-bond acceptors (Lipinski definition) is 3. The average molecular weight is 222 g/mol. The highest BCUT2D eigenvalue weighted by molar-refractivity contribution is 5.12. The van der Waals surface area contributed by atoms with Crippen LogP contribution in [0.25, 0.3) is 0 Å². The molecule has 4 heteroatoms. The van der Waals surface area contributed by atoms with Gasteiger partial charge >= 0.3 is 0 Å². The molecule has 0 bridgehead atoms. The van der Waals surface area contributed by atoms with Crippen molar-refractivity contribution in [3.05, 3.63) is 11.4 Å². The van der Waals surface area contributed by atoms with Crippen LogP contribution in [-0.2, 0) is 13.0 Å². The Balaban J connectivity index is 1.83. The second-order valence-corrected chi connectivity index (χ2v) is 4.80. The quantitative estimate of drug-likeness (QED) is 0.776. The van der Waals surface area contributed by atoms with E-state index in [1.54, 1.807) is 0 Å². The summed E-state index contributed by atoms with van der Waals surface area (Å²) in [4.78, 5) is 2.53. The molecule has 0 aliphatic carbocycles. The van der Waals surface area contributed by atoms with Crippen molar-refractivity contribution < 1.29 is 0 Å². The first-order valence-corrected chi connectivity index (χ1v) is 6.44. The van der Waals surface area contributed by atoms with E-state index >= 15 is 0 Å². The molecule has 16 heavy (non-hydrogen) atoms. The molecule has 1 aromatic heterocycles. The maximum atomic E-state index is 4.14. The summed E-state index contributed by atoms with van der Waals surface area (Å²) >= 11 is 0. The average Bonchev–Trinajstić information content (AvgIpc) is 2.76. The highest BCUT2D eigenvalue weighted by Gasteiger charge is 2.22. The van der Waals surface area contributed by atoms with Gasteiger partial charge in [0, 0.05) is 25.6 Å². The molecule has 0 saturated carbocycles. The summed E-state index contributed by atoms with van der Waals surface area (Å²) < 4.78 is 0. The van der Waals surface area contributed by atoms with E-state index in [4.69, 9.17) is 0 Å². The van der Waals surface area contributed by atoms with Crippen LogP contribution >= 0.6 is 0 Å². The summed E-state index contributed by atoms with van der Waals surface area (Å²) in [5.74, 6) is 0. The fraction of sp³-hybridized carbons (Fsp3) is 0.833. The molecule has 0 spiro atoms. The number of H-pyrrole nitrogens is 1. The van der Waals surface area contributed by atoms with Crippen LogP contribution in [0.2, 0.25) is 0 Å². The third kappa shape index (κ3) is 2.61. The predicted octanol–water partition coefficient (Wildman–Crippen LogP) is 2.13. The number of aromatic amines is 1. The van der Waals surface area contributed by atoms with Gasteiger partial charge in [0.25, 0.3) is 0 Å². The van der Waals surface area contributed by atoms with Crippen molar-refractivity contribution in [3.63, 3.8) is 0 Å². The predicted molar refractivity (Wildman–Crippen MR) is 64.1 cm³/mol. The van der Waals surface area contributed by atoms with Gasteiger partial charge in [0.15, 0.2) is 0 Å². The van der Waals surface area contributed by atoms with E-state index < -0.39 is 0 Å². The Bertz CT molecular complexity index is 321. The highest BCUT2D eigenvalue weighted by atomic mass is 15.3. The van der Waals surface area contributed by atoms with E-state index in [1.807, 2.05) is 0 Å². The second kappa shape index (κ2) is 5.43. The van der Waals surface area contributed by atoms with Crippen molar-refractivity contribution in [1.29, 1.82) is 0 Å². The molecule has 0 fully saturated rings. The minimum absolute atomic E-state index is 0.677. The smallest absolute Gasteiger partial charge is 0.0997 e. The molecule has 4 nitrogen and oxygen atoms in total. The Morgan fingerprint density at radius 2 is 2.31 bits per heavy atom. The molecule has 1 aromatic rings. The molecule has 2 heterocycles. The topological polar surface area (TPSA) is 44.8 Å². The molecule has 1 aliphatic rings. The zero-order valence-corrected chi connectivity index (χ0v) is 10.4. The van der Waals surface area contributed by atoms with Crippen molar-refractivity contribution in [1.82, 2.24) is 20.3 Å². The third-order valence-electron chi connectivity index (χ3n) is 3.55. The van der Waals surface area contributed by atoms with Crippen LogP contribution in [0.15, 0.2) is 0 Å². The molecule has 90 valence electrons. The summed E-state index contributed by atoms with van der Waals surface area (Å²) in [6.45, 7) is 6.71. The normalized spacial score (nSPS) is 18.4. The van der Waals surface area contributed by atoms with Crippen molar-refractivity contribution >= 4 is 0 Å². The van der Waals surface area contributed by atoms with Crippen molar-refractivity contribution in [2.24, 2.45) is 0 Å². The lowest BCUT2D eigenvalue weighted by atomic mass is 10.0. The minimum atomic E-state index is 0.677. The van der Waals surface area contributed by atoms with E-state index in [0.717, 1.165) is 25.2 Å². The first-order valence-electron chi connectivity index (χ1n) is 6.44. The molecule has 1 aliphatic heterocycles. The summed E-state index contributed by atoms with van der Waals surface area (Å²) in [7, 11) is 0. The fourth-order valence-electron chi connectivity index (χ4n) is 2.37. The van der Waals surface area contributed by atoms with Gasteiger partial charge in [0.1, 0.15) is 0 Å². The Labute approximate surface area is 97.4 Å². The number of nitrogens with zero attached hydrogens (tertiary/aromatic N) is 3. The van der Waals surface area contributed by atoms with Gasteiger partial charge in [-0.05, 0) is 13.3 Å². The Kier molecular flexibility index (Phi) is 3.93. The third-order valence-corrected chi connectivity index (χ3v) is 3.55. The first-order chi connectivity index (χ1) is 7.81. The summed E-state index contributed by atoms with van der Waals surface area (Å²) in [6.07, 6.45) is 6.38. The molecule has 2 rings (SSSR count). The van der Waals surface area contributed by atoms with E-state index in [9.17, 15) is 0 Å². The second-order valence-electron chi connectivity index (χ2n) is 4.80. The van der Waals surface area contributed by atoms with Crippen molar-refractivity contribution in [2.45, 2.75) is 58.5 Å². The fourth-order valence-corrected chi connectivity index (χ4v) is 2.37. The summed E-state index contributed by atoms with van der Waals surface area (Å²) in [6, 6.07) is 0.677. The Hall–Kier alpha value is -0.900. The van der Waals surface area contributed by atoms with Gasteiger partial charge in [-0.25, -0.2) is 0 Å². The summed E-state index contributed by atoms with van der Waals surface area (Å²) in [5.41, 5.74) is 2.38. The van der Waals surface area contributed by atoms with Gasteiger partial charge < -0.3 is 0 Å². The number of hydrogen-bond donors (Lipinski definition) is 1.